The molecule has 2 aromatic carbocycles. The fourth-order valence-corrected chi connectivity index (χ4v) is 7.55. The van der Waals surface area contributed by atoms with Crippen LogP contribution in [-0.4, -0.2) is 78.9 Å². The van der Waals surface area contributed by atoms with Gasteiger partial charge in [-0.2, -0.15) is 16.9 Å². The van der Waals surface area contributed by atoms with Gasteiger partial charge in [0.25, 0.3) is 11.1 Å². The second kappa shape index (κ2) is 13.5. The summed E-state index contributed by atoms with van der Waals surface area (Å²) in [5.41, 5.74) is 0.981. The Kier molecular flexibility index (Phi) is 8.97. The van der Waals surface area contributed by atoms with Crippen molar-refractivity contribution in [3.63, 3.8) is 0 Å². The molecule has 246 valence electrons. The van der Waals surface area contributed by atoms with Gasteiger partial charge in [-0.05, 0) is 62.4 Å². The summed E-state index contributed by atoms with van der Waals surface area (Å²) in [5, 5.41) is 5.79. The number of hydrogen-bond acceptors (Lipinski definition) is 9. The van der Waals surface area contributed by atoms with Gasteiger partial charge >= 0.3 is 5.69 Å². The first kappa shape index (κ1) is 31.3. The molecule has 14 heteroatoms. The smallest absolute Gasteiger partial charge is 0.334 e. The molecule has 5 aromatic rings. The Hall–Kier alpha value is -4.27. The molecular weight excluding hydrogens is 625 g/mol. The van der Waals surface area contributed by atoms with E-state index in [0.29, 0.717) is 53.0 Å². The molecular formula is C33H36FN7O5S. The summed E-state index contributed by atoms with van der Waals surface area (Å²) in [6.07, 6.45) is 5.33. The van der Waals surface area contributed by atoms with Crippen molar-refractivity contribution in [3.8, 4) is 11.6 Å². The van der Waals surface area contributed by atoms with E-state index in [2.05, 4.69) is 37.1 Å². The van der Waals surface area contributed by atoms with E-state index in [1.54, 1.807) is 22.5 Å². The molecule has 0 amide bonds. The minimum Gasteiger partial charge on any atom is -0.492 e. The van der Waals surface area contributed by atoms with Gasteiger partial charge < -0.3 is 14.5 Å². The Morgan fingerprint density at radius 3 is 2.64 bits per heavy atom. The van der Waals surface area contributed by atoms with E-state index in [0.717, 1.165) is 62.9 Å². The number of likely N-dealkylation sites (tertiary alicyclic amines) is 1. The second-order valence-corrected chi connectivity index (χ2v) is 13.4. The van der Waals surface area contributed by atoms with Crippen LogP contribution in [0.1, 0.15) is 43.0 Å². The highest BCUT2D eigenvalue weighted by atomic mass is 32.2. The fourth-order valence-electron chi connectivity index (χ4n) is 6.49. The van der Waals surface area contributed by atoms with Crippen molar-refractivity contribution in [2.24, 2.45) is 7.05 Å². The normalized spacial score (nSPS) is 16.7. The van der Waals surface area contributed by atoms with E-state index < -0.39 is 22.6 Å². The number of benzene rings is 2. The van der Waals surface area contributed by atoms with Crippen molar-refractivity contribution >= 4 is 33.6 Å². The van der Waals surface area contributed by atoms with E-state index in [1.807, 2.05) is 13.1 Å². The Morgan fingerprint density at radius 2 is 1.85 bits per heavy atom. The van der Waals surface area contributed by atoms with Gasteiger partial charge in [0, 0.05) is 61.8 Å². The summed E-state index contributed by atoms with van der Waals surface area (Å²) in [5.74, 6) is 1.66. The summed E-state index contributed by atoms with van der Waals surface area (Å²) in [6, 6.07) is 10.4. The maximum Gasteiger partial charge on any atom is 0.334 e. The SMILES string of the molecule is Cn1nc(-n2ccc(=O)[nH]c2=O)c2ccc(C3CCN(CCOc4cc(F)c5c(=O)[nH]c(CSC6CCOCC6)nc5c4)CC3)cc21. The zero-order valence-electron chi connectivity index (χ0n) is 26.0. The minimum atomic E-state index is -0.640. The largest absolute Gasteiger partial charge is 0.492 e. The predicted molar refractivity (Wildman–Crippen MR) is 178 cm³/mol. The number of aryl methyl sites for hydroxylation is 1. The molecule has 0 spiro atoms. The van der Waals surface area contributed by atoms with Crippen LogP contribution in [0.5, 0.6) is 5.75 Å². The lowest BCUT2D eigenvalue weighted by Crippen LogP contribution is -2.35. The Balaban J connectivity index is 0.953. The summed E-state index contributed by atoms with van der Waals surface area (Å²) in [6.45, 7) is 4.37. The molecule has 47 heavy (non-hydrogen) atoms. The van der Waals surface area contributed by atoms with E-state index in [1.165, 1.54) is 28.5 Å². The number of piperidine rings is 1. The highest BCUT2D eigenvalue weighted by molar-refractivity contribution is 7.99. The maximum atomic E-state index is 14.9. The lowest BCUT2D eigenvalue weighted by molar-refractivity contribution is 0.1000. The quantitative estimate of drug-likeness (QED) is 0.243. The monoisotopic (exact) mass is 661 g/mol. The number of halogens is 1. The number of ether oxygens (including phenoxy) is 2. The number of nitrogens with one attached hydrogen (secondary N) is 2. The van der Waals surface area contributed by atoms with Gasteiger partial charge in [0.2, 0.25) is 0 Å². The molecule has 2 saturated heterocycles. The van der Waals surface area contributed by atoms with Gasteiger partial charge in [-0.3, -0.25) is 28.7 Å². The Bertz CT molecular complexity index is 2090. The van der Waals surface area contributed by atoms with Crippen molar-refractivity contribution in [2.45, 2.75) is 42.6 Å². The van der Waals surface area contributed by atoms with Gasteiger partial charge in [-0.15, -0.1) is 0 Å². The molecule has 0 aliphatic carbocycles. The average molecular weight is 662 g/mol. The standard InChI is InChI=1S/C33H36FN7O5S/c1-39-27-16-21(2-3-24(27)31(38-39)41-11-6-29(42)37-33(41)44)20-4-9-40(10-5-20)12-15-46-22-17-25(34)30-26(18-22)35-28(36-32(30)43)19-47-23-7-13-45-14-8-23/h2-3,6,11,16-18,20,23H,4-5,7-10,12-15,19H2,1H3,(H,35,36,43)(H,37,42,44). The van der Waals surface area contributed by atoms with Crippen LogP contribution in [0.15, 0.2) is 57.0 Å². The first-order chi connectivity index (χ1) is 22.8. The zero-order chi connectivity index (χ0) is 32.5. The second-order valence-electron chi connectivity index (χ2n) is 12.1. The van der Waals surface area contributed by atoms with Gasteiger partial charge in [0.1, 0.15) is 29.4 Å². The molecule has 2 aliphatic heterocycles. The number of hydrogen-bond donors (Lipinski definition) is 2. The van der Waals surface area contributed by atoms with E-state index in [-0.39, 0.29) is 5.39 Å². The molecule has 7 rings (SSSR count). The average Bonchev–Trinajstić information content (AvgIpc) is 3.39. The molecule has 0 unspecified atom stereocenters. The van der Waals surface area contributed by atoms with Crippen LogP contribution in [0.4, 0.5) is 4.39 Å². The van der Waals surface area contributed by atoms with Crippen molar-refractivity contribution in [3.05, 3.63) is 91.0 Å². The molecule has 0 saturated carbocycles. The lowest BCUT2D eigenvalue weighted by Gasteiger charge is -2.32. The first-order valence-electron chi connectivity index (χ1n) is 15.9. The molecule has 3 aromatic heterocycles. The third kappa shape index (κ3) is 6.76. The maximum absolute atomic E-state index is 14.9. The van der Waals surface area contributed by atoms with Gasteiger partial charge in [0.15, 0.2) is 5.82 Å². The number of H-pyrrole nitrogens is 2. The van der Waals surface area contributed by atoms with Crippen molar-refractivity contribution < 1.29 is 13.9 Å². The highest BCUT2D eigenvalue weighted by Crippen LogP contribution is 2.32. The van der Waals surface area contributed by atoms with Crippen LogP contribution in [0.25, 0.3) is 27.6 Å². The van der Waals surface area contributed by atoms with Crippen molar-refractivity contribution in [1.29, 1.82) is 0 Å². The van der Waals surface area contributed by atoms with Gasteiger partial charge in [-0.25, -0.2) is 14.2 Å². The van der Waals surface area contributed by atoms with Gasteiger partial charge in [0.05, 0.1) is 16.8 Å². The van der Waals surface area contributed by atoms with Crippen LogP contribution in [0.2, 0.25) is 0 Å². The fraction of sp³-hybridized carbons (Fsp3) is 0.424. The highest BCUT2D eigenvalue weighted by Gasteiger charge is 2.23. The summed E-state index contributed by atoms with van der Waals surface area (Å²) in [4.78, 5) is 48.4. The number of aromatic nitrogens is 6. The molecule has 12 nitrogen and oxygen atoms in total. The van der Waals surface area contributed by atoms with Crippen LogP contribution >= 0.6 is 11.8 Å². The lowest BCUT2D eigenvalue weighted by atomic mass is 9.89. The van der Waals surface area contributed by atoms with Crippen LogP contribution in [0.3, 0.4) is 0 Å². The van der Waals surface area contributed by atoms with Gasteiger partial charge in [-0.1, -0.05) is 6.07 Å². The number of aromatic amines is 2. The summed E-state index contributed by atoms with van der Waals surface area (Å²) >= 11 is 1.74. The van der Waals surface area contributed by atoms with Crippen LogP contribution in [0, 0.1) is 5.82 Å². The Labute approximate surface area is 272 Å². The number of rotatable bonds is 9. The number of fused-ring (bicyclic) bond motifs is 2. The topological polar surface area (TPSA) is 140 Å². The van der Waals surface area contributed by atoms with E-state index in [9.17, 15) is 18.8 Å². The van der Waals surface area contributed by atoms with E-state index >= 15 is 0 Å². The van der Waals surface area contributed by atoms with Crippen molar-refractivity contribution in [2.75, 3.05) is 39.5 Å². The minimum absolute atomic E-state index is 0.0508. The third-order valence-electron chi connectivity index (χ3n) is 9.05. The zero-order valence-corrected chi connectivity index (χ0v) is 26.9. The Morgan fingerprint density at radius 1 is 1.04 bits per heavy atom. The molecule has 0 bridgehead atoms. The third-order valence-corrected chi connectivity index (χ3v) is 10.4. The molecule has 2 fully saturated rings. The molecule has 2 aliphatic rings. The van der Waals surface area contributed by atoms with Crippen molar-refractivity contribution in [1.82, 2.24) is 34.2 Å². The molecule has 0 radical (unpaired) electrons. The summed E-state index contributed by atoms with van der Waals surface area (Å²) < 4.78 is 29.4. The molecule has 0 atom stereocenters. The van der Waals surface area contributed by atoms with Crippen LogP contribution < -0.4 is 21.5 Å². The first-order valence-corrected chi connectivity index (χ1v) is 16.9. The number of nitrogens with zero attached hydrogens (tertiary/aromatic N) is 5. The van der Waals surface area contributed by atoms with E-state index in [4.69, 9.17) is 9.47 Å². The predicted octanol–water partition coefficient (Wildman–Crippen LogP) is 3.46. The number of thioether (sulfide) groups is 1. The van der Waals surface area contributed by atoms with Crippen LogP contribution in [-0.2, 0) is 17.5 Å². The summed E-state index contributed by atoms with van der Waals surface area (Å²) in [7, 11) is 1.84. The molecule has 2 N–H and O–H groups in total. The molecule has 5 heterocycles.